The number of rotatable bonds is 2. The van der Waals surface area contributed by atoms with Gasteiger partial charge in [0.2, 0.25) is 0 Å². The van der Waals surface area contributed by atoms with Crippen molar-refractivity contribution >= 4 is 11.6 Å². The Morgan fingerprint density at radius 2 is 1.91 bits per heavy atom. The van der Waals surface area contributed by atoms with Gasteiger partial charge in [-0.25, -0.2) is 0 Å². The number of carbonyl (C=O) groups is 1. The summed E-state index contributed by atoms with van der Waals surface area (Å²) in [6, 6.07) is 5.45. The van der Waals surface area contributed by atoms with Crippen LogP contribution in [0.4, 0.5) is 18.9 Å². The maximum absolute atomic E-state index is 12.6. The van der Waals surface area contributed by atoms with Gasteiger partial charge in [0.1, 0.15) is 18.9 Å². The first kappa shape index (κ1) is 15.2. The first-order valence-electron chi connectivity index (χ1n) is 6.67. The average Bonchev–Trinajstić information content (AvgIpc) is 2.89. The van der Waals surface area contributed by atoms with E-state index in [4.69, 9.17) is 9.47 Å². The third-order valence-corrected chi connectivity index (χ3v) is 3.20. The zero-order chi connectivity index (χ0) is 16.6. The highest BCUT2D eigenvalue weighted by Gasteiger charge is 2.35. The van der Waals surface area contributed by atoms with Crippen molar-refractivity contribution in [2.45, 2.75) is 6.18 Å². The smallest absolute Gasteiger partial charge is 0.435 e. The monoisotopic (exact) mass is 327 g/mol. The van der Waals surface area contributed by atoms with Gasteiger partial charge in [0.25, 0.3) is 5.91 Å². The highest BCUT2D eigenvalue weighted by atomic mass is 19.4. The van der Waals surface area contributed by atoms with Crippen LogP contribution in [0.2, 0.25) is 0 Å². The van der Waals surface area contributed by atoms with Crippen LogP contribution >= 0.6 is 0 Å². The molecule has 2 heterocycles. The summed E-state index contributed by atoms with van der Waals surface area (Å²) in [5, 5.41) is 5.81. The molecule has 2 aromatic rings. The van der Waals surface area contributed by atoms with Crippen LogP contribution in [0.25, 0.3) is 0 Å². The molecule has 0 unspecified atom stereocenters. The number of aryl methyl sites for hydroxylation is 1. The van der Waals surface area contributed by atoms with Crippen LogP contribution in [0.15, 0.2) is 24.3 Å². The van der Waals surface area contributed by atoms with Gasteiger partial charge in [-0.3, -0.25) is 9.48 Å². The van der Waals surface area contributed by atoms with Gasteiger partial charge in [-0.15, -0.1) is 0 Å². The van der Waals surface area contributed by atoms with Crippen molar-refractivity contribution in [3.05, 3.63) is 35.7 Å². The van der Waals surface area contributed by atoms with Crippen molar-refractivity contribution in [3.63, 3.8) is 0 Å². The Bertz CT molecular complexity index is 755. The number of benzene rings is 1. The van der Waals surface area contributed by atoms with Gasteiger partial charge < -0.3 is 14.8 Å². The van der Waals surface area contributed by atoms with Crippen molar-refractivity contribution in [3.8, 4) is 11.5 Å². The van der Waals surface area contributed by atoms with E-state index in [-0.39, 0.29) is 5.69 Å². The van der Waals surface area contributed by atoms with Crippen LogP contribution in [-0.2, 0) is 13.2 Å². The molecule has 6 nitrogen and oxygen atoms in total. The second-order valence-corrected chi connectivity index (χ2v) is 4.85. The predicted molar refractivity (Wildman–Crippen MR) is 73.6 cm³/mol. The lowest BCUT2D eigenvalue weighted by molar-refractivity contribution is -0.141. The van der Waals surface area contributed by atoms with E-state index in [9.17, 15) is 18.0 Å². The van der Waals surface area contributed by atoms with Gasteiger partial charge in [0.15, 0.2) is 17.2 Å². The molecule has 1 aromatic carbocycles. The fourth-order valence-corrected chi connectivity index (χ4v) is 2.13. The van der Waals surface area contributed by atoms with E-state index < -0.39 is 17.8 Å². The standard InChI is InChI=1S/C14H12F3N3O3/c1-20-9(7-12(19-20)14(15,16)17)13(21)18-8-2-3-10-11(6-8)23-5-4-22-10/h2-3,6-7H,4-5H2,1H3,(H,18,21). The Morgan fingerprint density at radius 1 is 1.22 bits per heavy atom. The lowest BCUT2D eigenvalue weighted by Gasteiger charge is -2.19. The second kappa shape index (κ2) is 5.49. The molecule has 0 aliphatic carbocycles. The molecule has 1 aliphatic heterocycles. The Hall–Kier alpha value is -2.71. The zero-order valence-electron chi connectivity index (χ0n) is 12.0. The van der Waals surface area contributed by atoms with Crippen LogP contribution in [0.1, 0.15) is 16.2 Å². The minimum atomic E-state index is -4.60. The number of hydrogen-bond donors (Lipinski definition) is 1. The molecule has 0 atom stereocenters. The van der Waals surface area contributed by atoms with Crippen molar-refractivity contribution < 1.29 is 27.4 Å². The number of carbonyl (C=O) groups excluding carboxylic acids is 1. The highest BCUT2D eigenvalue weighted by Crippen LogP contribution is 2.33. The second-order valence-electron chi connectivity index (χ2n) is 4.85. The number of nitrogens with one attached hydrogen (secondary N) is 1. The van der Waals surface area contributed by atoms with Crippen molar-refractivity contribution in [1.29, 1.82) is 0 Å². The fraction of sp³-hybridized carbons (Fsp3) is 0.286. The quantitative estimate of drug-likeness (QED) is 0.920. The summed E-state index contributed by atoms with van der Waals surface area (Å²) < 4.78 is 49.5. The number of ether oxygens (including phenoxy) is 2. The van der Waals surface area contributed by atoms with Gasteiger partial charge in [-0.05, 0) is 12.1 Å². The zero-order valence-corrected chi connectivity index (χ0v) is 12.0. The molecule has 0 radical (unpaired) electrons. The normalized spacial score (nSPS) is 13.7. The van der Waals surface area contributed by atoms with E-state index in [2.05, 4.69) is 10.4 Å². The third-order valence-electron chi connectivity index (χ3n) is 3.20. The number of anilines is 1. The largest absolute Gasteiger partial charge is 0.486 e. The third kappa shape index (κ3) is 3.08. The Balaban J connectivity index is 1.81. The van der Waals surface area contributed by atoms with Crippen molar-refractivity contribution in [1.82, 2.24) is 9.78 Å². The molecular formula is C14H12F3N3O3. The maximum atomic E-state index is 12.6. The first-order chi connectivity index (χ1) is 10.8. The molecule has 122 valence electrons. The van der Waals surface area contributed by atoms with E-state index in [1.54, 1.807) is 18.2 Å². The summed E-state index contributed by atoms with van der Waals surface area (Å²) in [5.41, 5.74) is -0.937. The average molecular weight is 327 g/mol. The number of nitrogens with zero attached hydrogens (tertiary/aromatic N) is 2. The lowest BCUT2D eigenvalue weighted by atomic mass is 10.2. The lowest BCUT2D eigenvalue weighted by Crippen LogP contribution is -2.18. The molecule has 0 spiro atoms. The van der Waals surface area contributed by atoms with Crippen molar-refractivity contribution in [2.24, 2.45) is 7.05 Å². The number of amides is 1. The Kier molecular flexibility index (Phi) is 3.63. The molecule has 1 aromatic heterocycles. The van der Waals surface area contributed by atoms with Crippen LogP contribution in [0, 0.1) is 0 Å². The van der Waals surface area contributed by atoms with Crippen LogP contribution < -0.4 is 14.8 Å². The van der Waals surface area contributed by atoms with Gasteiger partial charge in [-0.2, -0.15) is 18.3 Å². The number of hydrogen-bond acceptors (Lipinski definition) is 4. The molecule has 1 aliphatic rings. The van der Waals surface area contributed by atoms with E-state index in [1.807, 2.05) is 0 Å². The fourth-order valence-electron chi connectivity index (χ4n) is 2.13. The van der Waals surface area contributed by atoms with E-state index in [1.165, 1.54) is 7.05 Å². The number of aromatic nitrogens is 2. The van der Waals surface area contributed by atoms with E-state index in [0.717, 1.165) is 4.68 Å². The molecule has 0 saturated heterocycles. The molecule has 9 heteroatoms. The van der Waals surface area contributed by atoms with Gasteiger partial charge in [-0.1, -0.05) is 0 Å². The molecule has 23 heavy (non-hydrogen) atoms. The minimum Gasteiger partial charge on any atom is -0.486 e. The molecule has 1 N–H and O–H groups in total. The Labute approximate surface area is 128 Å². The molecule has 1 amide bonds. The highest BCUT2D eigenvalue weighted by molar-refractivity contribution is 6.03. The minimum absolute atomic E-state index is 0.202. The topological polar surface area (TPSA) is 65.4 Å². The van der Waals surface area contributed by atoms with Gasteiger partial charge >= 0.3 is 6.18 Å². The summed E-state index contributed by atoms with van der Waals surface area (Å²) in [4.78, 5) is 12.1. The molecule has 0 bridgehead atoms. The van der Waals surface area contributed by atoms with E-state index >= 15 is 0 Å². The number of halogens is 3. The first-order valence-corrected chi connectivity index (χ1v) is 6.67. The van der Waals surface area contributed by atoms with Crippen molar-refractivity contribution in [2.75, 3.05) is 18.5 Å². The molecular weight excluding hydrogens is 315 g/mol. The number of fused-ring (bicyclic) bond motifs is 1. The summed E-state index contributed by atoms with van der Waals surface area (Å²) in [7, 11) is 1.27. The van der Waals surface area contributed by atoms with Gasteiger partial charge in [0, 0.05) is 24.9 Å². The maximum Gasteiger partial charge on any atom is 0.435 e. The molecule has 0 saturated carbocycles. The van der Waals surface area contributed by atoms with Crippen LogP contribution in [-0.4, -0.2) is 28.9 Å². The summed E-state index contributed by atoms with van der Waals surface area (Å²) in [5.74, 6) is 0.316. The number of alkyl halides is 3. The molecule has 0 fully saturated rings. The summed E-state index contributed by atoms with van der Waals surface area (Å²) in [6.07, 6.45) is -4.60. The van der Waals surface area contributed by atoms with Gasteiger partial charge in [0.05, 0.1) is 0 Å². The van der Waals surface area contributed by atoms with Crippen LogP contribution in [0.3, 0.4) is 0 Å². The molecule has 3 rings (SSSR count). The summed E-state index contributed by atoms with van der Waals surface area (Å²) >= 11 is 0. The predicted octanol–water partition coefficient (Wildman–Crippen LogP) is 2.46. The summed E-state index contributed by atoms with van der Waals surface area (Å²) in [6.45, 7) is 0.828. The Morgan fingerprint density at radius 3 is 2.57 bits per heavy atom. The van der Waals surface area contributed by atoms with Crippen LogP contribution in [0.5, 0.6) is 11.5 Å². The SMILES string of the molecule is Cn1nc(C(F)(F)F)cc1C(=O)Nc1ccc2c(c1)OCCO2. The van der Waals surface area contributed by atoms with E-state index in [0.29, 0.717) is 36.5 Å².